The van der Waals surface area contributed by atoms with Gasteiger partial charge in [-0.25, -0.2) is 4.98 Å². The maximum absolute atomic E-state index is 12.7. The Morgan fingerprint density at radius 1 is 1.32 bits per heavy atom. The molecule has 3 heterocycles. The van der Waals surface area contributed by atoms with Gasteiger partial charge in [0.2, 0.25) is 5.88 Å². The van der Waals surface area contributed by atoms with E-state index in [0.29, 0.717) is 37.2 Å². The first-order valence-corrected chi connectivity index (χ1v) is 7.50. The van der Waals surface area contributed by atoms with Gasteiger partial charge >= 0.3 is 0 Å². The second-order valence-corrected chi connectivity index (χ2v) is 5.22. The number of hydrogen-bond acceptors (Lipinski definition) is 5. The first-order valence-electron chi connectivity index (χ1n) is 7.50. The quantitative estimate of drug-likeness (QED) is 0.856. The topological polar surface area (TPSA) is 73.1 Å². The van der Waals surface area contributed by atoms with Crippen molar-refractivity contribution in [2.45, 2.75) is 25.8 Å². The summed E-state index contributed by atoms with van der Waals surface area (Å²) in [5.74, 6) is 0.398. The molecule has 0 aromatic carbocycles. The van der Waals surface area contributed by atoms with Crippen molar-refractivity contribution >= 4 is 5.91 Å². The summed E-state index contributed by atoms with van der Waals surface area (Å²) in [6, 6.07) is 3.89. The molecular formula is C15H19N5O2. The van der Waals surface area contributed by atoms with Crippen LogP contribution in [0.4, 0.5) is 0 Å². The third-order valence-electron chi connectivity index (χ3n) is 3.89. The Morgan fingerprint density at radius 2 is 2.05 bits per heavy atom. The van der Waals surface area contributed by atoms with Crippen molar-refractivity contribution < 1.29 is 9.53 Å². The Hall–Kier alpha value is -2.44. The van der Waals surface area contributed by atoms with E-state index in [9.17, 15) is 4.79 Å². The number of carbonyl (C=O) groups excluding carboxylic acids is 1. The number of hydrogen-bond donors (Lipinski definition) is 0. The number of likely N-dealkylation sites (tertiary alicyclic amines) is 1. The van der Waals surface area contributed by atoms with Gasteiger partial charge in [-0.2, -0.15) is 0 Å². The predicted molar refractivity (Wildman–Crippen MR) is 79.6 cm³/mol. The SMILES string of the molecule is CCOc1ncccc1C(=O)N1CCC(n2cnnc2)CC1. The maximum atomic E-state index is 12.7. The van der Waals surface area contributed by atoms with Crippen molar-refractivity contribution in [2.75, 3.05) is 19.7 Å². The van der Waals surface area contributed by atoms with E-state index in [1.54, 1.807) is 31.0 Å². The maximum Gasteiger partial charge on any atom is 0.259 e. The fraction of sp³-hybridized carbons (Fsp3) is 0.467. The molecule has 0 bridgehead atoms. The van der Waals surface area contributed by atoms with Crippen molar-refractivity contribution in [1.29, 1.82) is 0 Å². The average Bonchev–Trinajstić information content (AvgIpc) is 3.10. The van der Waals surface area contributed by atoms with Gasteiger partial charge in [0.1, 0.15) is 18.2 Å². The minimum absolute atomic E-state index is 0.0150. The van der Waals surface area contributed by atoms with E-state index in [1.807, 2.05) is 16.4 Å². The number of piperidine rings is 1. The third-order valence-corrected chi connectivity index (χ3v) is 3.89. The van der Waals surface area contributed by atoms with Crippen LogP contribution in [0.25, 0.3) is 0 Å². The second-order valence-electron chi connectivity index (χ2n) is 5.22. The molecule has 0 unspecified atom stereocenters. The summed E-state index contributed by atoms with van der Waals surface area (Å²) in [5, 5.41) is 7.68. The molecule has 0 spiro atoms. The van der Waals surface area contributed by atoms with Crippen LogP contribution in [0.3, 0.4) is 0 Å². The highest BCUT2D eigenvalue weighted by molar-refractivity contribution is 5.96. The van der Waals surface area contributed by atoms with E-state index in [4.69, 9.17) is 4.74 Å². The molecule has 1 saturated heterocycles. The van der Waals surface area contributed by atoms with E-state index in [1.165, 1.54) is 0 Å². The lowest BCUT2D eigenvalue weighted by molar-refractivity contribution is 0.0689. The molecule has 1 amide bonds. The van der Waals surface area contributed by atoms with Gasteiger partial charge in [-0.1, -0.05) is 0 Å². The number of ether oxygens (including phenoxy) is 1. The van der Waals surface area contributed by atoms with Crippen molar-refractivity contribution in [3.8, 4) is 5.88 Å². The number of amides is 1. The first-order chi connectivity index (χ1) is 10.8. The fourth-order valence-electron chi connectivity index (χ4n) is 2.74. The van der Waals surface area contributed by atoms with E-state index in [2.05, 4.69) is 15.2 Å². The standard InChI is InChI=1S/C15H19N5O2/c1-2-22-14-13(4-3-7-16-14)15(21)19-8-5-12(6-9-19)20-10-17-18-11-20/h3-4,7,10-12H,2,5-6,8-9H2,1H3. The van der Waals surface area contributed by atoms with E-state index < -0.39 is 0 Å². The number of carbonyl (C=O) groups is 1. The van der Waals surface area contributed by atoms with Gasteiger partial charge in [0.25, 0.3) is 5.91 Å². The third kappa shape index (κ3) is 2.93. The number of rotatable bonds is 4. The molecule has 0 atom stereocenters. The Morgan fingerprint density at radius 3 is 2.73 bits per heavy atom. The summed E-state index contributed by atoms with van der Waals surface area (Å²) in [5.41, 5.74) is 0.534. The summed E-state index contributed by atoms with van der Waals surface area (Å²) in [6.45, 7) is 3.80. The zero-order valence-electron chi connectivity index (χ0n) is 12.6. The minimum atomic E-state index is -0.0150. The van der Waals surface area contributed by atoms with Crippen LogP contribution in [0.1, 0.15) is 36.2 Å². The zero-order chi connectivity index (χ0) is 15.4. The summed E-state index contributed by atoms with van der Waals surface area (Å²) < 4.78 is 7.46. The predicted octanol–water partition coefficient (Wildman–Crippen LogP) is 1.55. The van der Waals surface area contributed by atoms with Crippen LogP contribution in [0.15, 0.2) is 31.0 Å². The van der Waals surface area contributed by atoms with Gasteiger partial charge in [-0.15, -0.1) is 10.2 Å². The normalized spacial score (nSPS) is 15.8. The van der Waals surface area contributed by atoms with Crippen LogP contribution < -0.4 is 4.74 Å². The van der Waals surface area contributed by atoms with Crippen LogP contribution in [-0.4, -0.2) is 50.3 Å². The van der Waals surface area contributed by atoms with Crippen LogP contribution in [0.2, 0.25) is 0 Å². The lowest BCUT2D eigenvalue weighted by Gasteiger charge is -2.32. The van der Waals surface area contributed by atoms with Crippen molar-refractivity contribution in [2.24, 2.45) is 0 Å². The van der Waals surface area contributed by atoms with Crippen molar-refractivity contribution in [1.82, 2.24) is 24.6 Å². The van der Waals surface area contributed by atoms with Gasteiger partial charge < -0.3 is 14.2 Å². The first kappa shape index (κ1) is 14.5. The molecule has 7 heteroatoms. The summed E-state index contributed by atoms with van der Waals surface area (Å²) in [7, 11) is 0. The Bertz CT molecular complexity index is 621. The van der Waals surface area contributed by atoms with Gasteiger partial charge in [0.15, 0.2) is 0 Å². The fourth-order valence-corrected chi connectivity index (χ4v) is 2.74. The highest BCUT2D eigenvalue weighted by atomic mass is 16.5. The lowest BCUT2D eigenvalue weighted by Crippen LogP contribution is -2.39. The molecule has 1 aliphatic heterocycles. The molecule has 1 aliphatic rings. The number of pyridine rings is 1. The molecule has 7 nitrogen and oxygen atoms in total. The van der Waals surface area contributed by atoms with Gasteiger partial charge in [0.05, 0.1) is 6.61 Å². The number of nitrogens with zero attached hydrogens (tertiary/aromatic N) is 5. The Kier molecular flexibility index (Phi) is 4.32. The Balaban J connectivity index is 1.67. The summed E-state index contributed by atoms with van der Waals surface area (Å²) in [4.78, 5) is 18.7. The molecule has 2 aromatic heterocycles. The molecule has 0 radical (unpaired) electrons. The van der Waals surface area contributed by atoms with Crippen molar-refractivity contribution in [3.05, 3.63) is 36.5 Å². The van der Waals surface area contributed by atoms with Crippen LogP contribution in [0.5, 0.6) is 5.88 Å². The van der Waals surface area contributed by atoms with Crippen LogP contribution in [0, 0.1) is 0 Å². The van der Waals surface area contributed by atoms with E-state index in [-0.39, 0.29) is 5.91 Å². The van der Waals surface area contributed by atoms with Gasteiger partial charge in [-0.05, 0) is 31.9 Å². The number of aromatic nitrogens is 4. The molecule has 116 valence electrons. The molecule has 22 heavy (non-hydrogen) atoms. The smallest absolute Gasteiger partial charge is 0.259 e. The molecule has 0 saturated carbocycles. The summed E-state index contributed by atoms with van der Waals surface area (Å²) in [6.07, 6.45) is 6.90. The van der Waals surface area contributed by atoms with Gasteiger partial charge in [-0.3, -0.25) is 4.79 Å². The largest absolute Gasteiger partial charge is 0.477 e. The lowest BCUT2D eigenvalue weighted by atomic mass is 10.0. The molecule has 1 fully saturated rings. The molecule has 0 aliphatic carbocycles. The van der Waals surface area contributed by atoms with Gasteiger partial charge in [0, 0.05) is 25.3 Å². The highest BCUT2D eigenvalue weighted by Gasteiger charge is 2.26. The Labute approximate surface area is 128 Å². The molecule has 3 rings (SSSR count). The molecule has 2 aromatic rings. The van der Waals surface area contributed by atoms with Crippen LogP contribution in [-0.2, 0) is 0 Å². The van der Waals surface area contributed by atoms with Crippen molar-refractivity contribution in [3.63, 3.8) is 0 Å². The zero-order valence-corrected chi connectivity index (χ0v) is 12.6. The highest BCUT2D eigenvalue weighted by Crippen LogP contribution is 2.24. The molecular weight excluding hydrogens is 282 g/mol. The monoisotopic (exact) mass is 301 g/mol. The second kappa shape index (κ2) is 6.55. The minimum Gasteiger partial charge on any atom is -0.477 e. The average molecular weight is 301 g/mol. The molecule has 0 N–H and O–H groups in total. The van der Waals surface area contributed by atoms with E-state index in [0.717, 1.165) is 12.8 Å². The van der Waals surface area contributed by atoms with Crippen LogP contribution >= 0.6 is 0 Å². The van der Waals surface area contributed by atoms with E-state index >= 15 is 0 Å². The summed E-state index contributed by atoms with van der Waals surface area (Å²) >= 11 is 0.